The monoisotopic (exact) mass is 126 g/mol. The maximum absolute atomic E-state index is 3.79. The molecule has 0 aromatic carbocycles. The highest BCUT2D eigenvalue weighted by molar-refractivity contribution is 4.62. The second-order valence-electron chi connectivity index (χ2n) is 2.43. The van der Waals surface area contributed by atoms with Gasteiger partial charge < -0.3 is 0 Å². The van der Waals surface area contributed by atoms with E-state index in [0.29, 0.717) is 0 Å². The average molecular weight is 126 g/mol. The van der Waals surface area contributed by atoms with Crippen LogP contribution in [0.25, 0.3) is 0 Å². The normalized spacial score (nSPS) is 9.89. The minimum Gasteiger partial charge on any atom is -0.0654 e. The summed E-state index contributed by atoms with van der Waals surface area (Å²) >= 11 is 0. The highest BCUT2D eigenvalue weighted by Crippen LogP contribution is 2.04. The highest BCUT2D eigenvalue weighted by Gasteiger charge is 1.88. The summed E-state index contributed by atoms with van der Waals surface area (Å²) in [5, 5.41) is 0. The predicted molar refractivity (Wildman–Crippen MR) is 43.0 cm³/mol. The smallest absolute Gasteiger partial charge is 0.0654 e. The molecule has 0 fully saturated rings. The van der Waals surface area contributed by atoms with E-state index in [1.807, 2.05) is 0 Å². The van der Waals surface area contributed by atoms with Crippen LogP contribution < -0.4 is 0 Å². The first-order valence-electron chi connectivity index (χ1n) is 4.02. The molecule has 0 N–H and O–H groups in total. The Morgan fingerprint density at radius 3 is 2.56 bits per heavy atom. The molecule has 0 aromatic heterocycles. The van der Waals surface area contributed by atoms with Crippen LogP contribution in [0.4, 0.5) is 0 Å². The summed E-state index contributed by atoms with van der Waals surface area (Å²) in [7, 11) is 0. The van der Waals surface area contributed by atoms with E-state index < -0.39 is 0 Å². The van der Waals surface area contributed by atoms with Crippen molar-refractivity contribution in [2.24, 2.45) is 0 Å². The molecule has 0 aliphatic rings. The van der Waals surface area contributed by atoms with Crippen LogP contribution >= 0.6 is 0 Å². The average Bonchev–Trinajstić information content (AvgIpc) is 1.89. The second kappa shape index (κ2) is 7.87. The first kappa shape index (κ1) is 8.87. The van der Waals surface area contributed by atoms with Gasteiger partial charge in [-0.1, -0.05) is 26.2 Å². The molecule has 53 valence electrons. The van der Waals surface area contributed by atoms with Crippen LogP contribution in [0.3, 0.4) is 0 Å². The summed E-state index contributed by atoms with van der Waals surface area (Å²) in [6.07, 6.45) is 9.99. The fraction of sp³-hybridized carbons (Fsp3) is 0.778. The molecule has 0 atom stereocenters. The minimum atomic E-state index is 1.10. The fourth-order valence-electron chi connectivity index (χ4n) is 0.814. The number of rotatable bonds is 6. The molecular weight excluding hydrogens is 108 g/mol. The predicted octanol–water partition coefficient (Wildman–Crippen LogP) is 3.39. The van der Waals surface area contributed by atoms with E-state index in [2.05, 4.69) is 20.3 Å². The summed E-state index contributed by atoms with van der Waals surface area (Å²) in [5.41, 5.74) is 0. The van der Waals surface area contributed by atoms with E-state index in [0.717, 1.165) is 6.42 Å². The van der Waals surface area contributed by atoms with Crippen LogP contribution in [-0.2, 0) is 0 Å². The molecule has 1 radical (unpaired) electrons. The zero-order valence-corrected chi connectivity index (χ0v) is 6.53. The first-order valence-corrected chi connectivity index (χ1v) is 4.02. The quantitative estimate of drug-likeness (QED) is 0.378. The SMILES string of the molecule is [CH2+]CCCC[CH]CCC. The Hall–Kier alpha value is -0.130. The zero-order valence-electron chi connectivity index (χ0n) is 6.53. The Bertz CT molecular complexity index is 33.3. The van der Waals surface area contributed by atoms with Crippen molar-refractivity contribution < 1.29 is 0 Å². The Balaban J connectivity index is 2.60. The molecule has 0 aliphatic carbocycles. The van der Waals surface area contributed by atoms with Gasteiger partial charge in [0.1, 0.15) is 0 Å². The highest BCUT2D eigenvalue weighted by atomic mass is 13.9. The van der Waals surface area contributed by atoms with E-state index >= 15 is 0 Å². The van der Waals surface area contributed by atoms with Gasteiger partial charge >= 0.3 is 0 Å². The molecule has 0 heteroatoms. The molecule has 0 aliphatic heterocycles. The Morgan fingerprint density at radius 1 is 1.22 bits per heavy atom. The van der Waals surface area contributed by atoms with Crippen LogP contribution in [0.1, 0.15) is 45.4 Å². The van der Waals surface area contributed by atoms with Gasteiger partial charge in [-0.05, 0) is 19.3 Å². The van der Waals surface area contributed by atoms with Gasteiger partial charge in [0, 0.05) is 0 Å². The largest absolute Gasteiger partial charge is 0.0850 e. The van der Waals surface area contributed by atoms with Crippen molar-refractivity contribution >= 4 is 0 Å². The van der Waals surface area contributed by atoms with Gasteiger partial charge in [0.15, 0.2) is 0 Å². The zero-order chi connectivity index (χ0) is 6.95. The van der Waals surface area contributed by atoms with E-state index in [1.54, 1.807) is 0 Å². The molecule has 0 saturated carbocycles. The summed E-state index contributed by atoms with van der Waals surface area (Å²) in [5.74, 6) is 0. The van der Waals surface area contributed by atoms with Crippen molar-refractivity contribution in [2.75, 3.05) is 0 Å². The molecule has 0 spiro atoms. The van der Waals surface area contributed by atoms with E-state index in [1.165, 1.54) is 32.1 Å². The molecule has 0 nitrogen and oxygen atoms in total. The fourth-order valence-corrected chi connectivity index (χ4v) is 0.814. The molecule has 0 aromatic rings. The number of hydrogen-bond acceptors (Lipinski definition) is 0. The van der Waals surface area contributed by atoms with Gasteiger partial charge in [-0.15, -0.1) is 0 Å². The van der Waals surface area contributed by atoms with Gasteiger partial charge in [-0.2, -0.15) is 0 Å². The lowest BCUT2D eigenvalue weighted by molar-refractivity contribution is 0.707. The van der Waals surface area contributed by atoms with Crippen molar-refractivity contribution in [3.63, 3.8) is 0 Å². The number of hydrogen-bond donors (Lipinski definition) is 0. The molecule has 9 heavy (non-hydrogen) atoms. The summed E-state index contributed by atoms with van der Waals surface area (Å²) in [6, 6.07) is 0. The Labute approximate surface area is 59.7 Å². The van der Waals surface area contributed by atoms with E-state index in [9.17, 15) is 0 Å². The summed E-state index contributed by atoms with van der Waals surface area (Å²) < 4.78 is 0. The van der Waals surface area contributed by atoms with Crippen LogP contribution in [0.2, 0.25) is 0 Å². The van der Waals surface area contributed by atoms with Gasteiger partial charge in [0.25, 0.3) is 0 Å². The third-order valence-corrected chi connectivity index (χ3v) is 1.40. The molecule has 0 bridgehead atoms. The van der Waals surface area contributed by atoms with E-state index in [-0.39, 0.29) is 0 Å². The topological polar surface area (TPSA) is 0 Å². The lowest BCUT2D eigenvalue weighted by atomic mass is 10.1. The number of unbranched alkanes of at least 4 members (excludes halogenated alkanes) is 6. The lowest BCUT2D eigenvalue weighted by Gasteiger charge is -1.94. The molecule has 0 rings (SSSR count). The van der Waals surface area contributed by atoms with Crippen LogP contribution in [0, 0.1) is 13.3 Å². The second-order valence-corrected chi connectivity index (χ2v) is 2.43. The third kappa shape index (κ3) is 7.87. The Morgan fingerprint density at radius 2 is 2.00 bits per heavy atom. The van der Waals surface area contributed by atoms with E-state index in [4.69, 9.17) is 0 Å². The van der Waals surface area contributed by atoms with Crippen molar-refractivity contribution in [3.05, 3.63) is 13.3 Å². The van der Waals surface area contributed by atoms with Crippen molar-refractivity contribution in [2.45, 2.75) is 45.4 Å². The van der Waals surface area contributed by atoms with Crippen LogP contribution in [-0.4, -0.2) is 0 Å². The summed E-state index contributed by atoms with van der Waals surface area (Å²) in [4.78, 5) is 0. The first-order chi connectivity index (χ1) is 4.41. The van der Waals surface area contributed by atoms with Gasteiger partial charge in [-0.3, -0.25) is 0 Å². The molecule has 0 saturated heterocycles. The standard InChI is InChI=1S/C9H18/c1-3-5-7-9-8-6-4-2/h8H,1,3-7,9H2,2H3/q+1. The molecule has 0 amide bonds. The van der Waals surface area contributed by atoms with Crippen molar-refractivity contribution in [1.29, 1.82) is 0 Å². The molecule has 0 unspecified atom stereocenters. The molecular formula is C9H18+. The van der Waals surface area contributed by atoms with Crippen LogP contribution in [0.5, 0.6) is 0 Å². The van der Waals surface area contributed by atoms with Crippen molar-refractivity contribution in [3.8, 4) is 0 Å². The minimum absolute atomic E-state index is 1.10. The van der Waals surface area contributed by atoms with Crippen molar-refractivity contribution in [1.82, 2.24) is 0 Å². The van der Waals surface area contributed by atoms with Crippen LogP contribution in [0.15, 0.2) is 0 Å². The molecule has 0 heterocycles. The summed E-state index contributed by atoms with van der Waals surface area (Å²) in [6.45, 7) is 6.01. The van der Waals surface area contributed by atoms with Gasteiger partial charge in [0.05, 0.1) is 13.3 Å². The maximum atomic E-state index is 3.79. The Kier molecular flexibility index (Phi) is 7.76. The van der Waals surface area contributed by atoms with Gasteiger partial charge in [0.2, 0.25) is 0 Å². The maximum Gasteiger partial charge on any atom is 0.0850 e. The third-order valence-electron chi connectivity index (χ3n) is 1.40. The van der Waals surface area contributed by atoms with Gasteiger partial charge in [-0.25, -0.2) is 0 Å². The lowest BCUT2D eigenvalue weighted by Crippen LogP contribution is -1.77.